The van der Waals surface area contributed by atoms with Gasteiger partial charge in [0, 0.05) is 19.1 Å². The second-order valence-corrected chi connectivity index (χ2v) is 6.23. The van der Waals surface area contributed by atoms with E-state index < -0.39 is 11.9 Å². The molecule has 6 heteroatoms. The zero-order chi connectivity index (χ0) is 15.8. The molecule has 0 aromatic rings. The van der Waals surface area contributed by atoms with Crippen molar-refractivity contribution in [2.45, 2.75) is 46.1 Å². The third-order valence-electron chi connectivity index (χ3n) is 4.18. The van der Waals surface area contributed by atoms with Crippen molar-refractivity contribution in [1.82, 2.24) is 15.5 Å². The number of carbonyl (C=O) groups excluding carboxylic acids is 1. The summed E-state index contributed by atoms with van der Waals surface area (Å²) in [7, 11) is 0. The van der Waals surface area contributed by atoms with E-state index in [2.05, 4.69) is 22.5 Å². The lowest BCUT2D eigenvalue weighted by Crippen LogP contribution is -2.48. The Hall–Kier alpha value is -1.30. The lowest BCUT2D eigenvalue weighted by Gasteiger charge is -2.32. The average Bonchev–Trinajstić information content (AvgIpc) is 2.45. The maximum Gasteiger partial charge on any atom is 0.314 e. The van der Waals surface area contributed by atoms with Crippen molar-refractivity contribution in [2.75, 3.05) is 26.2 Å². The van der Waals surface area contributed by atoms with Crippen LogP contribution >= 0.6 is 0 Å². The van der Waals surface area contributed by atoms with E-state index in [1.54, 1.807) is 0 Å². The van der Waals surface area contributed by atoms with Crippen molar-refractivity contribution in [1.29, 1.82) is 0 Å². The molecule has 0 spiro atoms. The Morgan fingerprint density at radius 3 is 2.14 bits per heavy atom. The molecule has 1 aliphatic heterocycles. The topological polar surface area (TPSA) is 81.7 Å². The number of likely N-dealkylation sites (tertiary alicyclic amines) is 1. The zero-order valence-electron chi connectivity index (χ0n) is 13.4. The lowest BCUT2D eigenvalue weighted by molar-refractivity contribution is -0.142. The van der Waals surface area contributed by atoms with E-state index in [9.17, 15) is 9.59 Å². The number of aliphatic carboxylic acids is 1. The molecule has 1 aliphatic rings. The number of carbonyl (C=O) groups is 2. The molecule has 0 aromatic carbocycles. The van der Waals surface area contributed by atoms with Crippen molar-refractivity contribution in [3.63, 3.8) is 0 Å². The Morgan fingerprint density at radius 1 is 1.05 bits per heavy atom. The van der Waals surface area contributed by atoms with Crippen LogP contribution in [-0.2, 0) is 4.79 Å². The van der Waals surface area contributed by atoms with Gasteiger partial charge in [0.1, 0.15) is 0 Å². The predicted molar refractivity (Wildman–Crippen MR) is 82.3 cm³/mol. The third kappa shape index (κ3) is 6.33. The van der Waals surface area contributed by atoms with Gasteiger partial charge in [-0.25, -0.2) is 4.79 Å². The first-order valence-corrected chi connectivity index (χ1v) is 7.90. The van der Waals surface area contributed by atoms with Crippen LogP contribution in [0.4, 0.5) is 4.79 Å². The molecule has 1 heterocycles. The Kier molecular flexibility index (Phi) is 7.50. The van der Waals surface area contributed by atoms with Crippen molar-refractivity contribution in [3.05, 3.63) is 0 Å². The molecule has 2 amide bonds. The minimum absolute atomic E-state index is 0.00456. The molecule has 0 radical (unpaired) electrons. The van der Waals surface area contributed by atoms with Crippen LogP contribution in [0.25, 0.3) is 0 Å². The van der Waals surface area contributed by atoms with Gasteiger partial charge in [-0.1, -0.05) is 20.3 Å². The van der Waals surface area contributed by atoms with E-state index in [0.717, 1.165) is 13.1 Å². The SMILES string of the molecule is CC(C)C(CNC(=O)NCC(C)N1CCCCC1)C(=O)O. The van der Waals surface area contributed by atoms with Gasteiger partial charge in [0.2, 0.25) is 0 Å². The van der Waals surface area contributed by atoms with Gasteiger partial charge in [-0.2, -0.15) is 0 Å². The molecule has 6 nitrogen and oxygen atoms in total. The van der Waals surface area contributed by atoms with Gasteiger partial charge in [0.15, 0.2) is 0 Å². The monoisotopic (exact) mass is 299 g/mol. The second-order valence-electron chi connectivity index (χ2n) is 6.23. The molecule has 1 fully saturated rings. The highest BCUT2D eigenvalue weighted by Crippen LogP contribution is 2.11. The number of hydrogen-bond acceptors (Lipinski definition) is 3. The van der Waals surface area contributed by atoms with Gasteiger partial charge in [-0.3, -0.25) is 9.69 Å². The summed E-state index contributed by atoms with van der Waals surface area (Å²) in [6.45, 7) is 8.74. The van der Waals surface area contributed by atoms with E-state index in [1.165, 1.54) is 19.3 Å². The van der Waals surface area contributed by atoms with Crippen LogP contribution < -0.4 is 10.6 Å². The van der Waals surface area contributed by atoms with E-state index in [1.807, 2.05) is 13.8 Å². The van der Waals surface area contributed by atoms with Gasteiger partial charge in [0.05, 0.1) is 5.92 Å². The highest BCUT2D eigenvalue weighted by atomic mass is 16.4. The van der Waals surface area contributed by atoms with Crippen LogP contribution in [0.1, 0.15) is 40.0 Å². The minimum Gasteiger partial charge on any atom is -0.481 e. The van der Waals surface area contributed by atoms with Crippen molar-refractivity contribution in [2.24, 2.45) is 11.8 Å². The van der Waals surface area contributed by atoms with Crippen LogP contribution in [0.2, 0.25) is 0 Å². The molecule has 122 valence electrons. The summed E-state index contributed by atoms with van der Waals surface area (Å²) in [5, 5.41) is 14.5. The van der Waals surface area contributed by atoms with Gasteiger partial charge in [-0.05, 0) is 38.8 Å². The van der Waals surface area contributed by atoms with E-state index >= 15 is 0 Å². The fourth-order valence-corrected chi connectivity index (χ4v) is 2.60. The minimum atomic E-state index is -0.869. The van der Waals surface area contributed by atoms with Crippen LogP contribution in [0, 0.1) is 11.8 Å². The fourth-order valence-electron chi connectivity index (χ4n) is 2.60. The summed E-state index contributed by atoms with van der Waals surface area (Å²) in [6.07, 6.45) is 3.75. The highest BCUT2D eigenvalue weighted by Gasteiger charge is 2.22. The smallest absolute Gasteiger partial charge is 0.314 e. The summed E-state index contributed by atoms with van der Waals surface area (Å²) in [5.41, 5.74) is 0. The first-order valence-electron chi connectivity index (χ1n) is 7.90. The van der Waals surface area contributed by atoms with Gasteiger partial charge >= 0.3 is 12.0 Å². The number of carboxylic acid groups (broad SMARTS) is 1. The number of carboxylic acids is 1. The third-order valence-corrected chi connectivity index (χ3v) is 4.18. The van der Waals surface area contributed by atoms with E-state index in [0.29, 0.717) is 12.6 Å². The van der Waals surface area contributed by atoms with Crippen LogP contribution in [0.5, 0.6) is 0 Å². The van der Waals surface area contributed by atoms with Gasteiger partial charge < -0.3 is 15.7 Å². The Bertz CT molecular complexity index is 341. The molecule has 1 saturated heterocycles. The second kappa shape index (κ2) is 8.87. The predicted octanol–water partition coefficient (Wildman–Crippen LogP) is 1.52. The Labute approximate surface area is 127 Å². The fraction of sp³-hybridized carbons (Fsp3) is 0.867. The van der Waals surface area contributed by atoms with Crippen LogP contribution in [0.3, 0.4) is 0 Å². The first-order chi connectivity index (χ1) is 9.91. The summed E-state index contributed by atoms with van der Waals surface area (Å²) in [5.74, 6) is -1.42. The summed E-state index contributed by atoms with van der Waals surface area (Å²) < 4.78 is 0. The molecule has 1 rings (SSSR count). The summed E-state index contributed by atoms with van der Waals surface area (Å²) >= 11 is 0. The quantitative estimate of drug-likeness (QED) is 0.665. The molecular weight excluding hydrogens is 270 g/mol. The molecule has 0 bridgehead atoms. The maximum atomic E-state index is 11.7. The van der Waals surface area contributed by atoms with Crippen molar-refractivity contribution >= 4 is 12.0 Å². The number of hydrogen-bond donors (Lipinski definition) is 3. The molecule has 2 atom stereocenters. The molecule has 0 aliphatic carbocycles. The molecular formula is C15H29N3O3. The molecule has 3 N–H and O–H groups in total. The van der Waals surface area contributed by atoms with E-state index in [4.69, 9.17) is 5.11 Å². The summed E-state index contributed by atoms with van der Waals surface area (Å²) in [6, 6.07) is 0.0298. The average molecular weight is 299 g/mol. The van der Waals surface area contributed by atoms with Crippen molar-refractivity contribution in [3.8, 4) is 0 Å². The highest BCUT2D eigenvalue weighted by molar-refractivity contribution is 5.75. The standard InChI is InChI=1S/C15H29N3O3/c1-11(2)13(14(19)20)10-17-15(21)16-9-12(3)18-7-5-4-6-8-18/h11-13H,4-10H2,1-3H3,(H,19,20)(H2,16,17,21). The van der Waals surface area contributed by atoms with E-state index in [-0.39, 0.29) is 18.5 Å². The normalized spacial score (nSPS) is 19.0. The van der Waals surface area contributed by atoms with Gasteiger partial charge in [-0.15, -0.1) is 0 Å². The number of amides is 2. The number of nitrogens with zero attached hydrogens (tertiary/aromatic N) is 1. The Morgan fingerprint density at radius 2 is 1.62 bits per heavy atom. The molecule has 0 aromatic heterocycles. The maximum absolute atomic E-state index is 11.7. The lowest BCUT2D eigenvalue weighted by atomic mass is 9.96. The number of rotatable bonds is 7. The number of piperidine rings is 1. The number of urea groups is 1. The van der Waals surface area contributed by atoms with Crippen LogP contribution in [-0.4, -0.2) is 54.2 Å². The largest absolute Gasteiger partial charge is 0.481 e. The molecule has 21 heavy (non-hydrogen) atoms. The van der Waals surface area contributed by atoms with Gasteiger partial charge in [0.25, 0.3) is 0 Å². The summed E-state index contributed by atoms with van der Waals surface area (Å²) in [4.78, 5) is 25.2. The van der Waals surface area contributed by atoms with Crippen molar-refractivity contribution < 1.29 is 14.7 Å². The van der Waals surface area contributed by atoms with Crippen LogP contribution in [0.15, 0.2) is 0 Å². The molecule has 2 unspecified atom stereocenters. The number of nitrogens with one attached hydrogen (secondary N) is 2. The molecule has 0 saturated carbocycles. The Balaban J connectivity index is 2.25. The first kappa shape index (κ1) is 17.8. The zero-order valence-corrected chi connectivity index (χ0v) is 13.4.